The first-order valence-corrected chi connectivity index (χ1v) is 8.14. The monoisotopic (exact) mass is 407 g/mol. The number of nitro benzene ring substituents is 1. The predicted molar refractivity (Wildman–Crippen MR) is 97.8 cm³/mol. The van der Waals surface area contributed by atoms with Gasteiger partial charge in [-0.05, 0) is 37.3 Å². The molecule has 0 spiro atoms. The summed E-state index contributed by atoms with van der Waals surface area (Å²) in [5, 5.41) is 22.6. The van der Waals surface area contributed by atoms with Crippen molar-refractivity contribution in [2.75, 3.05) is 5.32 Å². The third kappa shape index (κ3) is 4.94. The Morgan fingerprint density at radius 3 is 2.56 bits per heavy atom. The van der Waals surface area contributed by atoms with Gasteiger partial charge in [0.25, 0.3) is 11.6 Å². The normalized spacial score (nSPS) is 11.2. The lowest BCUT2D eigenvalue weighted by Gasteiger charge is -2.14. The molecule has 1 unspecified atom stereocenters. The lowest BCUT2D eigenvalue weighted by Crippen LogP contribution is -2.30. The van der Waals surface area contributed by atoms with Gasteiger partial charge in [-0.1, -0.05) is 23.2 Å². The van der Waals surface area contributed by atoms with Crippen molar-refractivity contribution in [1.82, 2.24) is 0 Å². The van der Waals surface area contributed by atoms with Crippen LogP contribution in [-0.4, -0.2) is 22.9 Å². The van der Waals surface area contributed by atoms with Crippen molar-refractivity contribution in [3.8, 4) is 6.07 Å². The van der Waals surface area contributed by atoms with Gasteiger partial charge in [0.15, 0.2) is 6.10 Å². The number of nitrogens with zero attached hydrogens (tertiary/aromatic N) is 2. The molecule has 0 aliphatic heterocycles. The van der Waals surface area contributed by atoms with E-state index >= 15 is 0 Å². The third-order valence-electron chi connectivity index (χ3n) is 3.39. The van der Waals surface area contributed by atoms with E-state index in [1.807, 2.05) is 6.07 Å². The summed E-state index contributed by atoms with van der Waals surface area (Å²) in [7, 11) is 0. The molecule has 2 aromatic rings. The molecule has 1 N–H and O–H groups in total. The van der Waals surface area contributed by atoms with Gasteiger partial charge in [-0.3, -0.25) is 14.9 Å². The minimum atomic E-state index is -1.25. The van der Waals surface area contributed by atoms with Crippen LogP contribution in [0, 0.1) is 21.4 Å². The van der Waals surface area contributed by atoms with Crippen LogP contribution in [-0.2, 0) is 9.53 Å². The van der Waals surface area contributed by atoms with Crippen molar-refractivity contribution in [3.63, 3.8) is 0 Å². The maximum Gasteiger partial charge on any atom is 0.345 e. The lowest BCUT2D eigenvalue weighted by molar-refractivity contribution is -0.385. The molecule has 0 aliphatic rings. The topological polar surface area (TPSA) is 122 Å². The van der Waals surface area contributed by atoms with E-state index in [9.17, 15) is 19.7 Å². The summed E-state index contributed by atoms with van der Waals surface area (Å²) in [6.07, 6.45) is -1.25. The summed E-state index contributed by atoms with van der Waals surface area (Å²) in [6.45, 7) is 1.31. The third-order valence-corrected chi connectivity index (χ3v) is 3.93. The second-order valence-corrected chi connectivity index (χ2v) is 6.11. The Kier molecular flexibility index (Phi) is 6.34. The molecular formula is C17H11Cl2N3O5. The first-order chi connectivity index (χ1) is 12.7. The molecule has 0 saturated heterocycles. The van der Waals surface area contributed by atoms with E-state index in [4.69, 9.17) is 33.2 Å². The number of esters is 1. The molecule has 0 bridgehead atoms. The first kappa shape index (κ1) is 20.2. The van der Waals surface area contributed by atoms with Crippen molar-refractivity contribution in [1.29, 1.82) is 5.26 Å². The molecule has 2 rings (SSSR count). The zero-order valence-electron chi connectivity index (χ0n) is 13.7. The number of rotatable bonds is 5. The molecule has 0 aliphatic carbocycles. The number of nitro groups is 1. The fourth-order valence-corrected chi connectivity index (χ4v) is 2.42. The van der Waals surface area contributed by atoms with Crippen LogP contribution in [0.25, 0.3) is 0 Å². The van der Waals surface area contributed by atoms with E-state index in [-0.39, 0.29) is 21.2 Å². The molecule has 0 fully saturated rings. The van der Waals surface area contributed by atoms with Crippen LogP contribution >= 0.6 is 23.2 Å². The number of carbonyl (C=O) groups is 2. The quantitative estimate of drug-likeness (QED) is 0.454. The fraction of sp³-hybridized carbons (Fsp3) is 0.118. The first-order valence-electron chi connectivity index (χ1n) is 7.38. The van der Waals surface area contributed by atoms with Crippen LogP contribution in [0.1, 0.15) is 22.8 Å². The van der Waals surface area contributed by atoms with Gasteiger partial charge in [0.2, 0.25) is 0 Å². The number of halogens is 2. The van der Waals surface area contributed by atoms with Crippen LogP contribution in [0.3, 0.4) is 0 Å². The average molecular weight is 408 g/mol. The highest BCUT2D eigenvalue weighted by Crippen LogP contribution is 2.24. The number of carbonyl (C=O) groups excluding carboxylic acids is 2. The van der Waals surface area contributed by atoms with Gasteiger partial charge in [0.1, 0.15) is 11.6 Å². The number of amides is 1. The molecule has 0 radical (unpaired) electrons. The van der Waals surface area contributed by atoms with Crippen LogP contribution < -0.4 is 5.32 Å². The Balaban J connectivity index is 2.10. The minimum absolute atomic E-state index is 0.0849. The predicted octanol–water partition coefficient (Wildman–Crippen LogP) is 3.96. The van der Waals surface area contributed by atoms with Crippen LogP contribution in [0.2, 0.25) is 10.0 Å². The molecule has 10 heteroatoms. The zero-order chi connectivity index (χ0) is 20.1. The van der Waals surface area contributed by atoms with Gasteiger partial charge in [-0.2, -0.15) is 5.26 Å². The molecule has 2 aromatic carbocycles. The van der Waals surface area contributed by atoms with Crippen LogP contribution in [0.15, 0.2) is 36.4 Å². The number of nitriles is 1. The Bertz CT molecular complexity index is 972. The van der Waals surface area contributed by atoms with Gasteiger partial charge in [-0.15, -0.1) is 0 Å². The van der Waals surface area contributed by atoms with Gasteiger partial charge < -0.3 is 10.1 Å². The van der Waals surface area contributed by atoms with Gasteiger partial charge in [0.05, 0.1) is 15.5 Å². The van der Waals surface area contributed by atoms with E-state index in [0.717, 1.165) is 12.1 Å². The summed E-state index contributed by atoms with van der Waals surface area (Å²) >= 11 is 11.6. The number of benzene rings is 2. The smallest absolute Gasteiger partial charge is 0.345 e. The van der Waals surface area contributed by atoms with Gasteiger partial charge in [0, 0.05) is 16.8 Å². The standard InChI is InChI=1S/C17H11Cl2N3O5/c1-9(16(23)21-12-4-2-10(8-20)14(19)7-12)27-17(24)13-5-3-11(18)6-15(13)22(25)26/h2-7,9H,1H3,(H,21,23). The van der Waals surface area contributed by atoms with Crippen molar-refractivity contribution in [2.24, 2.45) is 0 Å². The molecule has 1 amide bonds. The number of hydrogen-bond donors (Lipinski definition) is 1. The van der Waals surface area contributed by atoms with Crippen molar-refractivity contribution >= 4 is 46.5 Å². The largest absolute Gasteiger partial charge is 0.449 e. The molecular weight excluding hydrogens is 397 g/mol. The Labute approximate surface area is 163 Å². The second-order valence-electron chi connectivity index (χ2n) is 5.26. The highest BCUT2D eigenvalue weighted by Gasteiger charge is 2.25. The Morgan fingerprint density at radius 2 is 1.96 bits per heavy atom. The van der Waals surface area contributed by atoms with E-state index in [2.05, 4.69) is 5.32 Å². The average Bonchev–Trinajstić information content (AvgIpc) is 2.61. The summed E-state index contributed by atoms with van der Waals surface area (Å²) < 4.78 is 4.99. The number of ether oxygens (including phenoxy) is 1. The summed E-state index contributed by atoms with van der Waals surface area (Å²) in [4.78, 5) is 34.6. The maximum absolute atomic E-state index is 12.2. The van der Waals surface area contributed by atoms with Crippen LogP contribution in [0.5, 0.6) is 0 Å². The van der Waals surface area contributed by atoms with Crippen molar-refractivity contribution in [2.45, 2.75) is 13.0 Å². The molecule has 138 valence electrons. The molecule has 0 saturated carbocycles. The Hall–Kier alpha value is -3.15. The maximum atomic E-state index is 12.2. The summed E-state index contributed by atoms with van der Waals surface area (Å²) in [5.41, 5.74) is -0.321. The number of anilines is 1. The minimum Gasteiger partial charge on any atom is -0.449 e. The lowest BCUT2D eigenvalue weighted by atomic mass is 10.2. The number of hydrogen-bond acceptors (Lipinski definition) is 6. The van der Waals surface area contributed by atoms with E-state index < -0.39 is 28.6 Å². The van der Waals surface area contributed by atoms with Gasteiger partial charge >= 0.3 is 5.97 Å². The Morgan fingerprint density at radius 1 is 1.26 bits per heavy atom. The fourth-order valence-electron chi connectivity index (χ4n) is 2.03. The van der Waals surface area contributed by atoms with Crippen molar-refractivity contribution in [3.05, 3.63) is 67.7 Å². The highest BCUT2D eigenvalue weighted by molar-refractivity contribution is 6.32. The van der Waals surface area contributed by atoms with E-state index in [1.165, 1.54) is 31.2 Å². The zero-order valence-corrected chi connectivity index (χ0v) is 15.2. The summed E-state index contributed by atoms with van der Waals surface area (Å²) in [6, 6.07) is 9.60. The number of nitrogens with one attached hydrogen (secondary N) is 1. The highest BCUT2D eigenvalue weighted by atomic mass is 35.5. The molecule has 0 heterocycles. The van der Waals surface area contributed by atoms with Crippen molar-refractivity contribution < 1.29 is 19.2 Å². The van der Waals surface area contributed by atoms with E-state index in [1.54, 1.807) is 0 Å². The second kappa shape index (κ2) is 8.49. The SMILES string of the molecule is CC(OC(=O)c1ccc(Cl)cc1[N+](=O)[O-])C(=O)Nc1ccc(C#N)c(Cl)c1. The van der Waals surface area contributed by atoms with Crippen LogP contribution in [0.4, 0.5) is 11.4 Å². The van der Waals surface area contributed by atoms with Gasteiger partial charge in [-0.25, -0.2) is 4.79 Å². The summed E-state index contributed by atoms with van der Waals surface area (Å²) in [5.74, 6) is -1.72. The molecule has 27 heavy (non-hydrogen) atoms. The molecule has 0 aromatic heterocycles. The van der Waals surface area contributed by atoms with E-state index in [0.29, 0.717) is 5.69 Å². The molecule has 8 nitrogen and oxygen atoms in total. The molecule has 1 atom stereocenters.